The van der Waals surface area contributed by atoms with Crippen LogP contribution in [0.1, 0.15) is 24.1 Å². The largest absolute Gasteiger partial charge is 0.493 e. The van der Waals surface area contributed by atoms with Crippen molar-refractivity contribution in [2.24, 2.45) is 5.92 Å². The maximum atomic E-state index is 14.1. The van der Waals surface area contributed by atoms with Gasteiger partial charge in [0.15, 0.2) is 17.4 Å². The molecule has 36 heavy (non-hydrogen) atoms. The highest BCUT2D eigenvalue weighted by atomic mass is 16.5. The van der Waals surface area contributed by atoms with E-state index in [-0.39, 0.29) is 19.1 Å². The third kappa shape index (κ3) is 3.94. The lowest BCUT2D eigenvalue weighted by Gasteiger charge is -2.38. The van der Waals surface area contributed by atoms with Crippen molar-refractivity contribution in [2.75, 3.05) is 25.7 Å². The average molecular weight is 486 g/mol. The Morgan fingerprint density at radius 3 is 2.39 bits per heavy atom. The van der Waals surface area contributed by atoms with Crippen LogP contribution in [0.2, 0.25) is 0 Å². The number of benzene rings is 3. The molecule has 1 amide bonds. The summed E-state index contributed by atoms with van der Waals surface area (Å²) in [5, 5.41) is 0. The van der Waals surface area contributed by atoms with Crippen molar-refractivity contribution in [2.45, 2.75) is 19.5 Å². The van der Waals surface area contributed by atoms with Crippen LogP contribution in [-0.2, 0) is 20.9 Å². The minimum absolute atomic E-state index is 0.164. The molecule has 0 aliphatic carbocycles. The number of aromatic nitrogens is 2. The van der Waals surface area contributed by atoms with Crippen LogP contribution in [0, 0.1) is 5.92 Å². The SMILES string of the molecule is CCOC(=O)[C@H]1C(=O)N(Cc2ccccc2)c2nc3ccccc3n2[C@@H]1c1ccc(OC)c(OC)c1. The van der Waals surface area contributed by atoms with Crippen LogP contribution < -0.4 is 14.4 Å². The van der Waals surface area contributed by atoms with Gasteiger partial charge in [-0.25, -0.2) is 4.98 Å². The number of anilines is 1. The zero-order valence-corrected chi connectivity index (χ0v) is 20.4. The molecule has 2 heterocycles. The first-order chi connectivity index (χ1) is 17.6. The molecule has 0 unspecified atom stereocenters. The Labute approximate surface area is 209 Å². The lowest BCUT2D eigenvalue weighted by molar-refractivity contribution is -0.153. The van der Waals surface area contributed by atoms with Crippen LogP contribution in [0.3, 0.4) is 0 Å². The molecule has 0 radical (unpaired) electrons. The molecule has 0 saturated heterocycles. The molecule has 8 heteroatoms. The normalized spacial score (nSPS) is 17.1. The topological polar surface area (TPSA) is 82.9 Å². The zero-order valence-electron chi connectivity index (χ0n) is 20.4. The van der Waals surface area contributed by atoms with Crippen molar-refractivity contribution in [3.63, 3.8) is 0 Å². The summed E-state index contributed by atoms with van der Waals surface area (Å²) >= 11 is 0. The van der Waals surface area contributed by atoms with Gasteiger partial charge in [-0.3, -0.25) is 14.5 Å². The lowest BCUT2D eigenvalue weighted by atomic mass is 9.89. The van der Waals surface area contributed by atoms with E-state index < -0.39 is 17.9 Å². The van der Waals surface area contributed by atoms with Gasteiger partial charge in [-0.15, -0.1) is 0 Å². The Morgan fingerprint density at radius 2 is 1.67 bits per heavy atom. The lowest BCUT2D eigenvalue weighted by Crippen LogP contribution is -2.49. The van der Waals surface area contributed by atoms with Gasteiger partial charge in [0.1, 0.15) is 0 Å². The van der Waals surface area contributed by atoms with Crippen molar-refractivity contribution in [3.05, 3.63) is 83.9 Å². The summed E-state index contributed by atoms with van der Waals surface area (Å²) in [6.07, 6.45) is 0. The van der Waals surface area contributed by atoms with Gasteiger partial charge in [-0.05, 0) is 42.3 Å². The number of fused-ring (bicyclic) bond motifs is 3. The van der Waals surface area contributed by atoms with E-state index in [1.807, 2.05) is 65.2 Å². The molecule has 1 aromatic heterocycles. The number of ether oxygens (including phenoxy) is 3. The molecule has 184 valence electrons. The second kappa shape index (κ2) is 9.73. The molecule has 1 aliphatic rings. The van der Waals surface area contributed by atoms with Crippen molar-refractivity contribution in [3.8, 4) is 11.5 Å². The number of carbonyl (C=O) groups excluding carboxylic acids is 2. The second-order valence-corrected chi connectivity index (χ2v) is 8.47. The van der Waals surface area contributed by atoms with Crippen LogP contribution in [0.25, 0.3) is 11.0 Å². The van der Waals surface area contributed by atoms with Gasteiger partial charge in [0, 0.05) is 0 Å². The number of amides is 1. The number of para-hydroxylation sites is 2. The molecule has 8 nitrogen and oxygen atoms in total. The molecule has 2 atom stereocenters. The summed E-state index contributed by atoms with van der Waals surface area (Å²) in [4.78, 5) is 33.8. The van der Waals surface area contributed by atoms with E-state index in [4.69, 9.17) is 19.2 Å². The van der Waals surface area contributed by atoms with E-state index in [1.54, 1.807) is 38.2 Å². The molecule has 3 aromatic carbocycles. The number of hydrogen-bond acceptors (Lipinski definition) is 6. The fourth-order valence-electron chi connectivity index (χ4n) is 4.80. The fraction of sp³-hybridized carbons (Fsp3) is 0.250. The minimum atomic E-state index is -1.11. The first-order valence-corrected chi connectivity index (χ1v) is 11.8. The first kappa shape index (κ1) is 23.4. The maximum Gasteiger partial charge on any atom is 0.321 e. The number of rotatable bonds is 7. The summed E-state index contributed by atoms with van der Waals surface area (Å²) in [6.45, 7) is 2.17. The Hall–Kier alpha value is -4.33. The van der Waals surface area contributed by atoms with E-state index in [0.717, 1.165) is 16.6 Å². The van der Waals surface area contributed by atoms with Crippen LogP contribution in [0.5, 0.6) is 11.5 Å². The van der Waals surface area contributed by atoms with Crippen LogP contribution in [0.4, 0.5) is 5.95 Å². The second-order valence-electron chi connectivity index (χ2n) is 8.47. The number of carbonyl (C=O) groups is 2. The van der Waals surface area contributed by atoms with E-state index in [0.29, 0.717) is 23.0 Å². The van der Waals surface area contributed by atoms with E-state index in [2.05, 4.69) is 0 Å². The summed E-state index contributed by atoms with van der Waals surface area (Å²) in [6, 6.07) is 22.0. The molecule has 4 aromatic rings. The Balaban J connectivity index is 1.75. The smallest absolute Gasteiger partial charge is 0.321 e. The molecular weight excluding hydrogens is 458 g/mol. The van der Waals surface area contributed by atoms with E-state index in [1.165, 1.54) is 0 Å². The minimum Gasteiger partial charge on any atom is -0.493 e. The highest BCUT2D eigenvalue weighted by molar-refractivity contribution is 6.08. The van der Waals surface area contributed by atoms with Crippen molar-refractivity contribution >= 4 is 28.9 Å². The van der Waals surface area contributed by atoms with Crippen molar-refractivity contribution in [1.29, 1.82) is 0 Å². The van der Waals surface area contributed by atoms with Crippen molar-refractivity contribution < 1.29 is 23.8 Å². The quantitative estimate of drug-likeness (QED) is 0.286. The predicted molar refractivity (Wildman–Crippen MR) is 135 cm³/mol. The number of methoxy groups -OCH3 is 2. The molecule has 0 bridgehead atoms. The number of hydrogen-bond donors (Lipinski definition) is 0. The highest BCUT2D eigenvalue weighted by Gasteiger charge is 2.48. The van der Waals surface area contributed by atoms with Crippen LogP contribution in [0.15, 0.2) is 72.8 Å². The van der Waals surface area contributed by atoms with Gasteiger partial charge in [0.2, 0.25) is 11.9 Å². The third-order valence-corrected chi connectivity index (χ3v) is 6.42. The van der Waals surface area contributed by atoms with Crippen LogP contribution >= 0.6 is 0 Å². The van der Waals surface area contributed by atoms with Crippen LogP contribution in [-0.4, -0.2) is 42.3 Å². The standard InChI is InChI=1S/C28H27N3O5/c1-4-36-27(33)24-25(19-14-15-22(34-2)23(16-19)35-3)31-21-13-9-8-12-20(21)29-28(31)30(26(24)32)17-18-10-6-5-7-11-18/h5-16,24-25H,4,17H2,1-3H3/t24-,25-/m1/s1. The highest BCUT2D eigenvalue weighted by Crippen LogP contribution is 2.43. The average Bonchev–Trinajstić information content (AvgIpc) is 3.29. The molecule has 0 saturated carbocycles. The van der Waals surface area contributed by atoms with Gasteiger partial charge < -0.3 is 18.8 Å². The maximum absolute atomic E-state index is 14.1. The molecule has 0 fully saturated rings. The summed E-state index contributed by atoms with van der Waals surface area (Å²) in [5.74, 6) is -0.522. The summed E-state index contributed by atoms with van der Waals surface area (Å²) in [5.41, 5.74) is 3.18. The van der Waals surface area contributed by atoms with E-state index in [9.17, 15) is 9.59 Å². The Kier molecular flexibility index (Phi) is 6.33. The van der Waals surface area contributed by atoms with Gasteiger partial charge >= 0.3 is 5.97 Å². The van der Waals surface area contributed by atoms with Gasteiger partial charge in [-0.1, -0.05) is 48.5 Å². The predicted octanol–water partition coefficient (Wildman–Crippen LogP) is 4.37. The molecule has 0 spiro atoms. The molecular formula is C28H27N3O5. The zero-order chi connectivity index (χ0) is 25.2. The number of imidazole rings is 1. The Bertz CT molecular complexity index is 1420. The molecule has 5 rings (SSSR count). The first-order valence-electron chi connectivity index (χ1n) is 11.8. The number of esters is 1. The fourth-order valence-corrected chi connectivity index (χ4v) is 4.80. The Morgan fingerprint density at radius 1 is 0.944 bits per heavy atom. The van der Waals surface area contributed by atoms with Gasteiger partial charge in [0.25, 0.3) is 0 Å². The molecule has 1 aliphatic heterocycles. The summed E-state index contributed by atoms with van der Waals surface area (Å²) < 4.78 is 18.3. The number of nitrogens with zero attached hydrogens (tertiary/aromatic N) is 3. The monoisotopic (exact) mass is 485 g/mol. The summed E-state index contributed by atoms with van der Waals surface area (Å²) in [7, 11) is 3.11. The van der Waals surface area contributed by atoms with Gasteiger partial charge in [0.05, 0.1) is 44.4 Å². The third-order valence-electron chi connectivity index (χ3n) is 6.42. The van der Waals surface area contributed by atoms with E-state index >= 15 is 0 Å². The van der Waals surface area contributed by atoms with Crippen molar-refractivity contribution in [1.82, 2.24) is 9.55 Å². The van der Waals surface area contributed by atoms with Gasteiger partial charge in [-0.2, -0.15) is 0 Å². The molecule has 0 N–H and O–H groups in total.